The maximum absolute atomic E-state index is 12.1. The molecule has 7 nitrogen and oxygen atoms in total. The topological polar surface area (TPSA) is 77.1 Å². The van der Waals surface area contributed by atoms with Gasteiger partial charge in [-0.2, -0.15) is 0 Å². The van der Waals surface area contributed by atoms with Crippen molar-refractivity contribution in [1.82, 2.24) is 24.4 Å². The van der Waals surface area contributed by atoms with E-state index in [0.29, 0.717) is 5.69 Å². The Kier molecular flexibility index (Phi) is 3.53. The number of nitrogens with zero attached hydrogens (tertiary/aromatic N) is 5. The molecule has 0 atom stereocenters. The molecular weight excluding hydrogens is 316 g/mol. The lowest BCUT2D eigenvalue weighted by Crippen LogP contribution is -2.12. The van der Waals surface area contributed by atoms with Gasteiger partial charge in [-0.25, -0.2) is 4.98 Å². The van der Waals surface area contributed by atoms with Crippen molar-refractivity contribution >= 4 is 17.2 Å². The van der Waals surface area contributed by atoms with Crippen molar-refractivity contribution in [2.24, 2.45) is 7.05 Å². The number of hydrogen-bond donors (Lipinski definition) is 1. The number of aryl methyl sites for hydroxylation is 2. The van der Waals surface area contributed by atoms with Crippen molar-refractivity contribution in [2.45, 2.75) is 6.92 Å². The predicted molar refractivity (Wildman–Crippen MR) is 94.3 cm³/mol. The molecule has 4 aromatic rings. The number of fused-ring (bicyclic) bond motifs is 1. The summed E-state index contributed by atoms with van der Waals surface area (Å²) in [7, 11) is 1.72. The molecule has 3 aromatic heterocycles. The Bertz CT molecular complexity index is 1060. The zero-order valence-electron chi connectivity index (χ0n) is 13.8. The van der Waals surface area contributed by atoms with Gasteiger partial charge in [0.2, 0.25) is 0 Å². The summed E-state index contributed by atoms with van der Waals surface area (Å²) in [4.78, 5) is 16.8. The highest BCUT2D eigenvalue weighted by Gasteiger charge is 2.11. The van der Waals surface area contributed by atoms with Crippen molar-refractivity contribution < 1.29 is 4.79 Å². The minimum Gasteiger partial charge on any atom is -0.321 e. The molecule has 0 radical (unpaired) electrons. The number of benzene rings is 1. The molecule has 0 fully saturated rings. The minimum atomic E-state index is -0.288. The molecule has 7 heteroatoms. The van der Waals surface area contributed by atoms with Gasteiger partial charge in [0.25, 0.3) is 5.91 Å². The number of anilines is 1. The molecule has 124 valence electrons. The Morgan fingerprint density at radius 2 is 1.92 bits per heavy atom. The van der Waals surface area contributed by atoms with Gasteiger partial charge < -0.3 is 9.72 Å². The van der Waals surface area contributed by atoms with Crippen molar-refractivity contribution in [1.29, 1.82) is 0 Å². The van der Waals surface area contributed by atoms with Crippen LogP contribution in [0.3, 0.4) is 0 Å². The lowest BCUT2D eigenvalue weighted by Gasteiger charge is -2.03. The molecule has 0 aliphatic rings. The van der Waals surface area contributed by atoms with E-state index in [9.17, 15) is 4.79 Å². The first-order valence-corrected chi connectivity index (χ1v) is 7.82. The van der Waals surface area contributed by atoms with E-state index < -0.39 is 0 Å². The number of nitrogens with one attached hydrogen (secondary N) is 1. The quantitative estimate of drug-likeness (QED) is 0.626. The smallest absolute Gasteiger partial charge is 0.277 e. The monoisotopic (exact) mass is 332 g/mol. The molecule has 0 unspecified atom stereocenters. The molecule has 1 N–H and O–H groups in total. The second-order valence-electron chi connectivity index (χ2n) is 5.86. The van der Waals surface area contributed by atoms with E-state index in [1.807, 2.05) is 60.1 Å². The van der Waals surface area contributed by atoms with Gasteiger partial charge in [0.15, 0.2) is 5.69 Å². The SMILES string of the molecule is Cc1cccn2cc(-c3ccc(NC(=O)c4cn(C)nn4)cc3)nc12. The third-order valence-electron chi connectivity index (χ3n) is 3.95. The second kappa shape index (κ2) is 5.86. The third kappa shape index (κ3) is 2.87. The van der Waals surface area contributed by atoms with E-state index in [0.717, 1.165) is 22.5 Å². The minimum absolute atomic E-state index is 0.280. The number of hydrogen-bond acceptors (Lipinski definition) is 4. The van der Waals surface area contributed by atoms with Crippen molar-refractivity contribution in [2.75, 3.05) is 5.32 Å². The van der Waals surface area contributed by atoms with Crippen LogP contribution in [0.2, 0.25) is 0 Å². The van der Waals surface area contributed by atoms with Gasteiger partial charge in [0, 0.05) is 30.7 Å². The lowest BCUT2D eigenvalue weighted by molar-refractivity contribution is 0.102. The van der Waals surface area contributed by atoms with Crippen LogP contribution in [0.1, 0.15) is 16.1 Å². The standard InChI is InChI=1S/C18H16N6O/c1-12-4-3-9-24-11-15(20-17(12)24)13-5-7-14(8-6-13)19-18(25)16-10-23(2)22-21-16/h3-11H,1-2H3,(H,19,25). The van der Waals surface area contributed by atoms with Crippen molar-refractivity contribution in [3.63, 3.8) is 0 Å². The van der Waals surface area contributed by atoms with E-state index in [-0.39, 0.29) is 11.6 Å². The molecule has 1 amide bonds. The lowest BCUT2D eigenvalue weighted by atomic mass is 10.1. The Hall–Kier alpha value is -3.48. The number of rotatable bonds is 3. The van der Waals surface area contributed by atoms with Crippen LogP contribution in [0.5, 0.6) is 0 Å². The summed E-state index contributed by atoms with van der Waals surface area (Å²) in [6, 6.07) is 11.6. The van der Waals surface area contributed by atoms with E-state index in [1.165, 1.54) is 4.68 Å². The maximum Gasteiger partial charge on any atom is 0.277 e. The van der Waals surface area contributed by atoms with Crippen LogP contribution in [0.25, 0.3) is 16.9 Å². The normalized spacial score (nSPS) is 11.0. The Balaban J connectivity index is 1.57. The van der Waals surface area contributed by atoms with E-state index in [2.05, 4.69) is 20.6 Å². The fourth-order valence-corrected chi connectivity index (χ4v) is 2.66. The number of aromatic nitrogens is 5. The summed E-state index contributed by atoms with van der Waals surface area (Å²) in [5, 5.41) is 10.4. The van der Waals surface area contributed by atoms with Crippen LogP contribution in [-0.4, -0.2) is 30.3 Å². The molecule has 0 aliphatic carbocycles. The van der Waals surface area contributed by atoms with Crippen LogP contribution in [-0.2, 0) is 7.05 Å². The molecule has 3 heterocycles. The molecule has 0 saturated heterocycles. The maximum atomic E-state index is 12.1. The van der Waals surface area contributed by atoms with Gasteiger partial charge >= 0.3 is 0 Å². The highest BCUT2D eigenvalue weighted by atomic mass is 16.2. The molecule has 1 aromatic carbocycles. The first-order chi connectivity index (χ1) is 12.1. The summed E-state index contributed by atoms with van der Waals surface area (Å²) in [6.07, 6.45) is 5.55. The molecule has 0 spiro atoms. The van der Waals surface area contributed by atoms with Gasteiger partial charge in [-0.05, 0) is 30.7 Å². The molecule has 0 aliphatic heterocycles. The van der Waals surface area contributed by atoms with Crippen LogP contribution in [0.4, 0.5) is 5.69 Å². The number of imidazole rings is 1. The van der Waals surface area contributed by atoms with Gasteiger partial charge in [-0.15, -0.1) is 5.10 Å². The molecule has 25 heavy (non-hydrogen) atoms. The highest BCUT2D eigenvalue weighted by molar-refractivity contribution is 6.02. The predicted octanol–water partition coefficient (Wildman–Crippen LogP) is 2.69. The summed E-state index contributed by atoms with van der Waals surface area (Å²) < 4.78 is 3.50. The van der Waals surface area contributed by atoms with Gasteiger partial charge in [0.05, 0.1) is 11.9 Å². The zero-order valence-corrected chi connectivity index (χ0v) is 13.8. The third-order valence-corrected chi connectivity index (χ3v) is 3.95. The Morgan fingerprint density at radius 1 is 1.12 bits per heavy atom. The largest absolute Gasteiger partial charge is 0.321 e. The first-order valence-electron chi connectivity index (χ1n) is 7.82. The fraction of sp³-hybridized carbons (Fsp3) is 0.111. The Morgan fingerprint density at radius 3 is 2.60 bits per heavy atom. The molecule has 0 bridgehead atoms. The summed E-state index contributed by atoms with van der Waals surface area (Å²) in [5.74, 6) is -0.288. The average molecular weight is 332 g/mol. The Labute approximate surface area is 143 Å². The summed E-state index contributed by atoms with van der Waals surface area (Å²) in [5.41, 5.74) is 4.92. The van der Waals surface area contributed by atoms with Crippen LogP contribution in [0.15, 0.2) is 55.0 Å². The molecule has 0 saturated carbocycles. The number of amides is 1. The van der Waals surface area contributed by atoms with Gasteiger partial charge in [-0.1, -0.05) is 23.4 Å². The van der Waals surface area contributed by atoms with Crippen LogP contribution >= 0.6 is 0 Å². The second-order valence-corrected chi connectivity index (χ2v) is 5.86. The van der Waals surface area contributed by atoms with Crippen molar-refractivity contribution in [3.05, 3.63) is 66.2 Å². The number of carbonyl (C=O) groups is 1. The highest BCUT2D eigenvalue weighted by Crippen LogP contribution is 2.22. The first kappa shape index (κ1) is 15.1. The number of pyridine rings is 1. The van der Waals surface area contributed by atoms with Gasteiger partial charge in [0.1, 0.15) is 5.65 Å². The number of carbonyl (C=O) groups excluding carboxylic acids is 1. The molecular formula is C18H16N6O. The van der Waals surface area contributed by atoms with Crippen LogP contribution in [0, 0.1) is 6.92 Å². The summed E-state index contributed by atoms with van der Waals surface area (Å²) >= 11 is 0. The fourth-order valence-electron chi connectivity index (χ4n) is 2.66. The van der Waals surface area contributed by atoms with E-state index in [4.69, 9.17) is 0 Å². The summed E-state index contributed by atoms with van der Waals surface area (Å²) in [6.45, 7) is 2.04. The van der Waals surface area contributed by atoms with Crippen molar-refractivity contribution in [3.8, 4) is 11.3 Å². The van der Waals surface area contributed by atoms with E-state index in [1.54, 1.807) is 13.2 Å². The van der Waals surface area contributed by atoms with Crippen LogP contribution < -0.4 is 5.32 Å². The molecule has 4 rings (SSSR count). The zero-order chi connectivity index (χ0) is 17.4. The van der Waals surface area contributed by atoms with E-state index >= 15 is 0 Å². The average Bonchev–Trinajstić information content (AvgIpc) is 3.23. The van der Waals surface area contributed by atoms with Gasteiger partial charge in [-0.3, -0.25) is 9.48 Å².